The molecular formula is C21H24N6O2. The summed E-state index contributed by atoms with van der Waals surface area (Å²) in [6.07, 6.45) is 4.92. The smallest absolute Gasteiger partial charge is 0.243 e. The van der Waals surface area contributed by atoms with Crippen LogP contribution in [-0.2, 0) is 22.6 Å². The zero-order valence-corrected chi connectivity index (χ0v) is 16.4. The summed E-state index contributed by atoms with van der Waals surface area (Å²) in [7, 11) is 0. The Bertz CT molecular complexity index is 924. The topological polar surface area (TPSA) is 102 Å². The Morgan fingerprint density at radius 1 is 1.07 bits per heavy atom. The first-order valence-corrected chi connectivity index (χ1v) is 9.44. The van der Waals surface area contributed by atoms with Crippen LogP contribution in [0, 0.1) is 5.92 Å². The molecule has 150 valence electrons. The van der Waals surface area contributed by atoms with Crippen LogP contribution in [0.15, 0.2) is 61.3 Å². The molecule has 3 aromatic rings. The molecule has 0 saturated carbocycles. The highest BCUT2D eigenvalue weighted by atomic mass is 16.2. The van der Waals surface area contributed by atoms with Gasteiger partial charge in [-0.15, -0.1) is 0 Å². The molecule has 29 heavy (non-hydrogen) atoms. The van der Waals surface area contributed by atoms with E-state index in [0.29, 0.717) is 12.4 Å². The van der Waals surface area contributed by atoms with Crippen molar-refractivity contribution in [3.05, 3.63) is 72.4 Å². The number of amides is 2. The number of benzene rings is 1. The van der Waals surface area contributed by atoms with Crippen molar-refractivity contribution in [2.24, 2.45) is 5.92 Å². The molecule has 1 atom stereocenters. The number of hydrogen-bond acceptors (Lipinski definition) is 5. The summed E-state index contributed by atoms with van der Waals surface area (Å²) in [5.41, 5.74) is 1.76. The zero-order valence-electron chi connectivity index (χ0n) is 16.4. The number of carbonyl (C=O) groups excluding carboxylic acids is 2. The van der Waals surface area contributed by atoms with Gasteiger partial charge in [-0.05, 0) is 23.1 Å². The number of aromatic nitrogens is 4. The van der Waals surface area contributed by atoms with Crippen molar-refractivity contribution < 1.29 is 9.59 Å². The first-order valence-electron chi connectivity index (χ1n) is 9.44. The largest absolute Gasteiger partial charge is 0.350 e. The van der Waals surface area contributed by atoms with Crippen LogP contribution >= 0.6 is 0 Å². The quantitative estimate of drug-likeness (QED) is 0.607. The first-order chi connectivity index (χ1) is 14.0. The van der Waals surface area contributed by atoms with E-state index in [1.807, 2.05) is 50.2 Å². The second-order valence-electron chi connectivity index (χ2n) is 7.03. The maximum Gasteiger partial charge on any atom is 0.243 e. The third-order valence-corrected chi connectivity index (χ3v) is 4.40. The molecule has 0 fully saturated rings. The number of nitrogens with one attached hydrogen (secondary N) is 2. The summed E-state index contributed by atoms with van der Waals surface area (Å²) in [5.74, 6) is 0.207. The number of rotatable bonds is 8. The molecule has 0 unspecified atom stereocenters. The van der Waals surface area contributed by atoms with E-state index in [1.165, 1.54) is 6.33 Å². The summed E-state index contributed by atoms with van der Waals surface area (Å²) in [5, 5.41) is 9.74. The van der Waals surface area contributed by atoms with Crippen molar-refractivity contribution in [3.63, 3.8) is 0 Å². The van der Waals surface area contributed by atoms with Crippen LogP contribution in [0.25, 0.3) is 5.82 Å². The van der Waals surface area contributed by atoms with E-state index in [-0.39, 0.29) is 24.2 Å². The van der Waals surface area contributed by atoms with Gasteiger partial charge >= 0.3 is 0 Å². The van der Waals surface area contributed by atoms with Crippen molar-refractivity contribution in [1.82, 2.24) is 30.4 Å². The summed E-state index contributed by atoms with van der Waals surface area (Å²) in [6.45, 7) is 4.13. The predicted molar refractivity (Wildman–Crippen MR) is 108 cm³/mol. The van der Waals surface area contributed by atoms with Crippen LogP contribution in [0.2, 0.25) is 0 Å². The second kappa shape index (κ2) is 9.59. The molecular weight excluding hydrogens is 368 g/mol. The van der Waals surface area contributed by atoms with Gasteiger partial charge < -0.3 is 10.6 Å². The number of hydrogen-bond donors (Lipinski definition) is 2. The highest BCUT2D eigenvalue weighted by Gasteiger charge is 2.24. The van der Waals surface area contributed by atoms with Crippen molar-refractivity contribution >= 4 is 11.8 Å². The van der Waals surface area contributed by atoms with E-state index in [1.54, 1.807) is 23.3 Å². The first kappa shape index (κ1) is 20.2. The van der Waals surface area contributed by atoms with Gasteiger partial charge in [0.2, 0.25) is 11.8 Å². The van der Waals surface area contributed by atoms with E-state index < -0.39 is 6.04 Å². The summed E-state index contributed by atoms with van der Waals surface area (Å²) in [6, 6.07) is 12.5. The fourth-order valence-electron chi connectivity index (χ4n) is 2.82. The van der Waals surface area contributed by atoms with Crippen LogP contribution in [-0.4, -0.2) is 37.6 Å². The molecule has 0 bridgehead atoms. The monoisotopic (exact) mass is 392 g/mol. The molecule has 3 rings (SSSR count). The average molecular weight is 392 g/mol. The zero-order chi connectivity index (χ0) is 20.6. The van der Waals surface area contributed by atoms with E-state index >= 15 is 0 Å². The van der Waals surface area contributed by atoms with Crippen LogP contribution in [0.3, 0.4) is 0 Å². The highest BCUT2D eigenvalue weighted by molar-refractivity contribution is 5.88. The van der Waals surface area contributed by atoms with Gasteiger partial charge in [-0.25, -0.2) is 14.6 Å². The minimum atomic E-state index is -0.603. The standard InChI is InChI=1S/C21H24N6O2/c1-15(2)20(26-19(28)10-16-6-4-3-5-7-16)21(29)24-12-17-8-9-18(23-11-17)27-14-22-13-25-27/h3-9,11,13-15,20H,10,12H2,1-2H3,(H,24,29)(H,26,28)/t20-/m0/s1. The van der Waals surface area contributed by atoms with Gasteiger partial charge in [0.1, 0.15) is 18.7 Å². The van der Waals surface area contributed by atoms with E-state index in [4.69, 9.17) is 0 Å². The molecule has 2 amide bonds. The van der Waals surface area contributed by atoms with Crippen molar-refractivity contribution in [3.8, 4) is 5.82 Å². The third-order valence-electron chi connectivity index (χ3n) is 4.40. The minimum Gasteiger partial charge on any atom is -0.350 e. The Kier molecular flexibility index (Phi) is 6.67. The van der Waals surface area contributed by atoms with Crippen LogP contribution in [0.4, 0.5) is 0 Å². The summed E-state index contributed by atoms with van der Waals surface area (Å²) in [4.78, 5) is 33.2. The van der Waals surface area contributed by atoms with Crippen LogP contribution in [0.5, 0.6) is 0 Å². The molecule has 2 heterocycles. The van der Waals surface area contributed by atoms with Gasteiger partial charge in [-0.1, -0.05) is 50.2 Å². The molecule has 0 radical (unpaired) electrons. The summed E-state index contributed by atoms with van der Waals surface area (Å²) < 4.78 is 1.55. The number of pyridine rings is 1. The van der Waals surface area contributed by atoms with Gasteiger partial charge in [-0.3, -0.25) is 9.59 Å². The lowest BCUT2D eigenvalue weighted by molar-refractivity contribution is -0.129. The van der Waals surface area contributed by atoms with Crippen LogP contribution < -0.4 is 10.6 Å². The molecule has 8 nitrogen and oxygen atoms in total. The molecule has 0 aliphatic carbocycles. The fourth-order valence-corrected chi connectivity index (χ4v) is 2.82. The molecule has 0 spiro atoms. The van der Waals surface area contributed by atoms with Gasteiger partial charge in [0, 0.05) is 12.7 Å². The maximum atomic E-state index is 12.6. The summed E-state index contributed by atoms with van der Waals surface area (Å²) >= 11 is 0. The van der Waals surface area contributed by atoms with Crippen molar-refractivity contribution in [2.75, 3.05) is 0 Å². The van der Waals surface area contributed by atoms with Crippen molar-refractivity contribution in [2.45, 2.75) is 32.9 Å². The molecule has 0 saturated heterocycles. The fraction of sp³-hybridized carbons (Fsp3) is 0.286. The van der Waals surface area contributed by atoms with E-state index in [0.717, 1.165) is 11.1 Å². The Hall–Kier alpha value is -3.55. The van der Waals surface area contributed by atoms with Gasteiger partial charge in [0.15, 0.2) is 5.82 Å². The Balaban J connectivity index is 1.54. The van der Waals surface area contributed by atoms with Crippen molar-refractivity contribution in [1.29, 1.82) is 0 Å². The third kappa shape index (κ3) is 5.71. The lowest BCUT2D eigenvalue weighted by Gasteiger charge is -2.22. The maximum absolute atomic E-state index is 12.6. The number of nitrogens with zero attached hydrogens (tertiary/aromatic N) is 4. The predicted octanol–water partition coefficient (Wildman–Crippen LogP) is 1.66. The SMILES string of the molecule is CC(C)[C@H](NC(=O)Cc1ccccc1)C(=O)NCc1ccc(-n2cncn2)nc1. The van der Waals surface area contributed by atoms with E-state index in [2.05, 4.69) is 25.7 Å². The normalized spacial score (nSPS) is 11.8. The van der Waals surface area contributed by atoms with E-state index in [9.17, 15) is 9.59 Å². The van der Waals surface area contributed by atoms with Gasteiger partial charge in [-0.2, -0.15) is 5.10 Å². The lowest BCUT2D eigenvalue weighted by atomic mass is 10.0. The molecule has 0 aliphatic heterocycles. The Labute approximate surface area is 169 Å². The Morgan fingerprint density at radius 2 is 1.86 bits per heavy atom. The second-order valence-corrected chi connectivity index (χ2v) is 7.03. The Morgan fingerprint density at radius 3 is 2.48 bits per heavy atom. The molecule has 2 aromatic heterocycles. The minimum absolute atomic E-state index is 0.0393. The average Bonchev–Trinajstić information content (AvgIpc) is 3.26. The molecule has 8 heteroatoms. The molecule has 2 N–H and O–H groups in total. The molecule has 1 aromatic carbocycles. The molecule has 0 aliphatic rings. The number of carbonyl (C=O) groups is 2. The lowest BCUT2D eigenvalue weighted by Crippen LogP contribution is -2.49. The van der Waals surface area contributed by atoms with Gasteiger partial charge in [0.05, 0.1) is 6.42 Å². The highest BCUT2D eigenvalue weighted by Crippen LogP contribution is 2.07. The van der Waals surface area contributed by atoms with Gasteiger partial charge in [0.25, 0.3) is 0 Å². The van der Waals surface area contributed by atoms with Crippen LogP contribution in [0.1, 0.15) is 25.0 Å².